The van der Waals surface area contributed by atoms with Gasteiger partial charge in [0.2, 0.25) is 0 Å². The number of rotatable bonds is 8. The molecule has 0 radical (unpaired) electrons. The maximum atomic E-state index is 12.3. The Bertz CT molecular complexity index is 408. The molecule has 1 aromatic heterocycles. The van der Waals surface area contributed by atoms with Crippen molar-refractivity contribution < 1.29 is 9.09 Å². The van der Waals surface area contributed by atoms with E-state index in [1.807, 2.05) is 26.0 Å². The van der Waals surface area contributed by atoms with Crippen LogP contribution >= 0.6 is 30.6 Å². The van der Waals surface area contributed by atoms with Crippen LogP contribution in [-0.4, -0.2) is 23.6 Å². The summed E-state index contributed by atoms with van der Waals surface area (Å²) in [6, 6.07) is 3.97. The topological polar surface area (TPSA) is 55.6 Å². The van der Waals surface area contributed by atoms with E-state index in [1.54, 1.807) is 16.0 Å². The summed E-state index contributed by atoms with van der Waals surface area (Å²) in [5.41, 5.74) is 5.79. The first-order valence-electron chi connectivity index (χ1n) is 5.89. The van der Waals surface area contributed by atoms with Gasteiger partial charge in [-0.1, -0.05) is 6.92 Å². The van der Waals surface area contributed by atoms with E-state index in [4.69, 9.17) is 21.6 Å². The van der Waals surface area contributed by atoms with Crippen molar-refractivity contribution in [2.45, 2.75) is 26.9 Å². The summed E-state index contributed by atoms with van der Waals surface area (Å²) in [5, 5.41) is 0. The molecule has 0 aliphatic rings. The molecule has 0 amide bonds. The molecule has 0 aliphatic heterocycles. The van der Waals surface area contributed by atoms with E-state index in [2.05, 4.69) is 0 Å². The third kappa shape index (κ3) is 5.00. The summed E-state index contributed by atoms with van der Waals surface area (Å²) in [5.74, 6) is 0.392. The molecule has 104 valence electrons. The summed E-state index contributed by atoms with van der Waals surface area (Å²) in [6.07, 6.45) is 0.861. The number of nitrogens with zero attached hydrogens (tertiary/aromatic N) is 1. The summed E-state index contributed by atoms with van der Waals surface area (Å²) in [6.45, 7) is 5.42. The number of alkyl halides is 1. The highest BCUT2D eigenvalue weighted by atomic mass is 35.5. The molecule has 1 rings (SSSR count). The Morgan fingerprint density at radius 1 is 1.50 bits per heavy atom. The van der Waals surface area contributed by atoms with Crippen LogP contribution in [0.5, 0.6) is 0 Å². The van der Waals surface area contributed by atoms with Crippen LogP contribution in [0.1, 0.15) is 23.1 Å². The molecule has 7 heteroatoms. The Labute approximate surface area is 118 Å². The van der Waals surface area contributed by atoms with E-state index in [-0.39, 0.29) is 6.61 Å². The maximum absolute atomic E-state index is 12.3. The average molecular weight is 311 g/mol. The second-order valence-corrected chi connectivity index (χ2v) is 7.70. The number of thiophene rings is 1. The van der Waals surface area contributed by atoms with Crippen molar-refractivity contribution in [3.8, 4) is 0 Å². The van der Waals surface area contributed by atoms with Gasteiger partial charge in [-0.25, -0.2) is 10.2 Å². The lowest BCUT2D eigenvalue weighted by atomic mass is 10.4. The standard InChI is InChI=1S/C11H20ClN2O2PS/c1-3-7-14(8-6-12)17(13,15)16-9-11-5-4-10(2)18-11/h4-5H,3,6-9H2,1-2H3,(H2,13,15). The van der Waals surface area contributed by atoms with Crippen molar-refractivity contribution >= 4 is 30.6 Å². The molecule has 0 saturated heterocycles. The fraction of sp³-hybridized carbons (Fsp3) is 0.636. The first-order valence-corrected chi connectivity index (χ1v) is 8.89. The van der Waals surface area contributed by atoms with E-state index in [0.29, 0.717) is 19.0 Å². The van der Waals surface area contributed by atoms with Gasteiger partial charge in [0.05, 0.1) is 6.61 Å². The molecule has 1 atom stereocenters. The summed E-state index contributed by atoms with van der Waals surface area (Å²) in [4.78, 5) is 2.23. The Balaban J connectivity index is 2.58. The van der Waals surface area contributed by atoms with Gasteiger partial charge in [0.1, 0.15) is 0 Å². The molecule has 1 unspecified atom stereocenters. The smallest absolute Gasteiger partial charge is 0.300 e. The number of nitrogens with two attached hydrogens (primary N) is 1. The minimum Gasteiger partial charge on any atom is -0.300 e. The molecular weight excluding hydrogens is 291 g/mol. The molecule has 2 N–H and O–H groups in total. The Morgan fingerprint density at radius 2 is 2.22 bits per heavy atom. The van der Waals surface area contributed by atoms with Gasteiger partial charge in [-0.3, -0.25) is 4.57 Å². The molecule has 0 bridgehead atoms. The van der Waals surface area contributed by atoms with Crippen LogP contribution < -0.4 is 5.50 Å². The Kier molecular flexibility index (Phi) is 6.85. The van der Waals surface area contributed by atoms with Crippen molar-refractivity contribution in [2.75, 3.05) is 19.0 Å². The largest absolute Gasteiger partial charge is 0.341 e. The lowest BCUT2D eigenvalue weighted by molar-refractivity contribution is 0.255. The molecule has 1 aromatic rings. The number of aryl methyl sites for hydroxylation is 1. The van der Waals surface area contributed by atoms with Crippen LogP contribution in [0.25, 0.3) is 0 Å². The quantitative estimate of drug-likeness (QED) is 0.589. The summed E-state index contributed by atoms with van der Waals surface area (Å²) in [7, 11) is -3.24. The van der Waals surface area contributed by atoms with Crippen molar-refractivity contribution in [2.24, 2.45) is 5.50 Å². The zero-order chi connectivity index (χ0) is 13.6. The molecule has 0 spiro atoms. The van der Waals surface area contributed by atoms with Crippen LogP contribution in [0.15, 0.2) is 12.1 Å². The van der Waals surface area contributed by atoms with Gasteiger partial charge in [0, 0.05) is 28.7 Å². The zero-order valence-electron chi connectivity index (χ0n) is 10.8. The van der Waals surface area contributed by atoms with Crippen LogP contribution in [0.4, 0.5) is 0 Å². The molecule has 0 aliphatic carbocycles. The first-order chi connectivity index (χ1) is 8.49. The van der Waals surface area contributed by atoms with Crippen molar-refractivity contribution in [1.82, 2.24) is 4.67 Å². The average Bonchev–Trinajstić information content (AvgIpc) is 2.72. The molecular formula is C11H20ClN2O2PS. The van der Waals surface area contributed by atoms with Gasteiger partial charge >= 0.3 is 7.67 Å². The second kappa shape index (κ2) is 7.63. The lowest BCUT2D eigenvalue weighted by Gasteiger charge is -2.26. The third-order valence-electron chi connectivity index (χ3n) is 2.41. The fourth-order valence-corrected chi connectivity index (χ4v) is 4.10. The van der Waals surface area contributed by atoms with Crippen LogP contribution in [0.2, 0.25) is 0 Å². The van der Waals surface area contributed by atoms with Gasteiger partial charge in [-0.05, 0) is 25.5 Å². The molecule has 4 nitrogen and oxygen atoms in total. The predicted octanol–water partition coefficient (Wildman–Crippen LogP) is 3.59. The molecule has 18 heavy (non-hydrogen) atoms. The number of hydrogen-bond donors (Lipinski definition) is 1. The second-order valence-electron chi connectivity index (χ2n) is 3.99. The molecule has 0 aromatic carbocycles. The monoisotopic (exact) mass is 310 g/mol. The fourth-order valence-electron chi connectivity index (χ4n) is 1.55. The summed E-state index contributed by atoms with van der Waals surface area (Å²) < 4.78 is 19.3. The van der Waals surface area contributed by atoms with Crippen LogP contribution in [0, 0.1) is 6.92 Å². The van der Waals surface area contributed by atoms with E-state index in [0.717, 1.165) is 11.3 Å². The SMILES string of the molecule is CCCN(CCCl)P(N)(=O)OCc1ccc(C)s1. The van der Waals surface area contributed by atoms with Gasteiger partial charge in [-0.2, -0.15) is 0 Å². The van der Waals surface area contributed by atoms with E-state index < -0.39 is 7.67 Å². The minimum absolute atomic E-state index is 0.286. The van der Waals surface area contributed by atoms with E-state index >= 15 is 0 Å². The molecule has 1 heterocycles. The lowest BCUT2D eigenvalue weighted by Crippen LogP contribution is -2.28. The predicted molar refractivity (Wildman–Crippen MR) is 78.2 cm³/mol. The summed E-state index contributed by atoms with van der Waals surface area (Å²) >= 11 is 7.31. The van der Waals surface area contributed by atoms with Crippen LogP contribution in [0.3, 0.4) is 0 Å². The van der Waals surface area contributed by atoms with Gasteiger partial charge < -0.3 is 4.52 Å². The molecule has 0 fully saturated rings. The first kappa shape index (κ1) is 16.2. The molecule has 0 saturated carbocycles. The highest BCUT2D eigenvalue weighted by Gasteiger charge is 2.26. The minimum atomic E-state index is -3.24. The highest BCUT2D eigenvalue weighted by molar-refractivity contribution is 7.53. The zero-order valence-corrected chi connectivity index (χ0v) is 13.2. The van der Waals surface area contributed by atoms with Crippen LogP contribution in [-0.2, 0) is 15.7 Å². The van der Waals surface area contributed by atoms with Crippen molar-refractivity contribution in [3.63, 3.8) is 0 Å². The number of hydrogen-bond acceptors (Lipinski definition) is 3. The normalized spacial score (nSPS) is 14.9. The van der Waals surface area contributed by atoms with E-state index in [1.165, 1.54) is 4.88 Å². The van der Waals surface area contributed by atoms with Crippen molar-refractivity contribution in [3.05, 3.63) is 21.9 Å². The number of halogens is 1. The van der Waals surface area contributed by atoms with Gasteiger partial charge in [-0.15, -0.1) is 22.9 Å². The van der Waals surface area contributed by atoms with Gasteiger partial charge in [0.25, 0.3) is 0 Å². The van der Waals surface area contributed by atoms with E-state index in [9.17, 15) is 4.57 Å². The highest BCUT2D eigenvalue weighted by Crippen LogP contribution is 2.43. The maximum Gasteiger partial charge on any atom is 0.341 e. The van der Waals surface area contributed by atoms with Gasteiger partial charge in [0.15, 0.2) is 0 Å². The third-order valence-corrected chi connectivity index (χ3v) is 5.24. The van der Waals surface area contributed by atoms with Crippen molar-refractivity contribution in [1.29, 1.82) is 0 Å². The Hall–Kier alpha value is 0.1000. The Morgan fingerprint density at radius 3 is 2.72 bits per heavy atom.